The Labute approximate surface area is 206 Å². The monoisotopic (exact) mass is 469 g/mol. The molecule has 1 unspecified atom stereocenters. The third kappa shape index (κ3) is 4.59. The summed E-state index contributed by atoms with van der Waals surface area (Å²) in [6.45, 7) is 10.5. The van der Waals surface area contributed by atoms with Gasteiger partial charge in [-0.05, 0) is 73.7 Å². The van der Waals surface area contributed by atoms with Crippen LogP contribution in [0.5, 0.6) is 5.75 Å². The molecule has 3 aromatic rings. The highest BCUT2D eigenvalue weighted by Crippen LogP contribution is 2.42. The number of amides is 1. The summed E-state index contributed by atoms with van der Waals surface area (Å²) < 4.78 is 5.61. The Kier molecular flexibility index (Phi) is 6.79. The molecule has 0 saturated carbocycles. The number of aliphatic hydroxyl groups excluding tert-OH is 1. The minimum absolute atomic E-state index is 0.0806. The van der Waals surface area contributed by atoms with Crippen molar-refractivity contribution in [2.45, 2.75) is 46.6 Å². The largest absolute Gasteiger partial charge is 0.507 e. The zero-order valence-corrected chi connectivity index (χ0v) is 20.8. The summed E-state index contributed by atoms with van der Waals surface area (Å²) in [7, 11) is 0. The van der Waals surface area contributed by atoms with Gasteiger partial charge in [0.25, 0.3) is 11.7 Å². The van der Waals surface area contributed by atoms with Crippen molar-refractivity contribution in [2.75, 3.05) is 11.5 Å². The zero-order valence-electron chi connectivity index (χ0n) is 20.8. The molecular weight excluding hydrogens is 438 g/mol. The molecule has 0 aromatic heterocycles. The lowest BCUT2D eigenvalue weighted by atomic mass is 9.93. The van der Waals surface area contributed by atoms with E-state index in [1.54, 1.807) is 18.2 Å². The van der Waals surface area contributed by atoms with E-state index in [4.69, 9.17) is 4.74 Å². The molecule has 1 N–H and O–H groups in total. The molecule has 1 heterocycles. The first-order chi connectivity index (χ1) is 16.7. The molecule has 0 radical (unpaired) electrons. The van der Waals surface area contributed by atoms with Gasteiger partial charge < -0.3 is 9.84 Å². The van der Waals surface area contributed by atoms with Crippen LogP contribution in [0, 0.1) is 13.8 Å². The average molecular weight is 470 g/mol. The maximum atomic E-state index is 13.4. The molecule has 3 aromatic carbocycles. The molecule has 180 valence electrons. The van der Waals surface area contributed by atoms with Crippen molar-refractivity contribution < 1.29 is 19.4 Å². The maximum Gasteiger partial charge on any atom is 0.300 e. The fraction of sp³-hybridized carbons (Fsp3) is 0.267. The molecule has 0 spiro atoms. The molecule has 1 atom stereocenters. The predicted molar refractivity (Wildman–Crippen MR) is 139 cm³/mol. The fourth-order valence-electron chi connectivity index (χ4n) is 4.54. The van der Waals surface area contributed by atoms with Crippen LogP contribution in [-0.4, -0.2) is 23.4 Å². The number of Topliss-reactive ketones (excluding diaryl/α,β-unsaturated/α-hetero) is 1. The van der Waals surface area contributed by atoms with Crippen LogP contribution in [0.15, 0.2) is 72.3 Å². The summed E-state index contributed by atoms with van der Waals surface area (Å²) in [6, 6.07) is 19.9. The fourth-order valence-corrected chi connectivity index (χ4v) is 4.54. The summed E-state index contributed by atoms with van der Waals surface area (Å²) in [4.78, 5) is 28.2. The van der Waals surface area contributed by atoms with Crippen LogP contribution in [0.4, 0.5) is 5.69 Å². The van der Waals surface area contributed by atoms with Gasteiger partial charge in [-0.2, -0.15) is 0 Å². The molecule has 1 fully saturated rings. The maximum absolute atomic E-state index is 13.4. The molecule has 5 nitrogen and oxygen atoms in total. The molecule has 1 aliphatic heterocycles. The summed E-state index contributed by atoms with van der Waals surface area (Å²) in [5.41, 5.74) is 4.91. The predicted octanol–water partition coefficient (Wildman–Crippen LogP) is 6.45. The van der Waals surface area contributed by atoms with E-state index in [-0.39, 0.29) is 11.3 Å². The standard InChI is InChI=1S/C30H31NO4/c1-6-35-25-15-12-23(17-20(25)5)28(32)26-27(22-9-7-8-19(4)16-22)31(30(34)29(26)33)24-13-10-21(11-14-24)18(2)3/h7-18,27,32H,6H2,1-5H3/b28-26-. The van der Waals surface area contributed by atoms with Gasteiger partial charge in [-0.15, -0.1) is 0 Å². The third-order valence-electron chi connectivity index (χ3n) is 6.39. The Morgan fingerprint density at radius 2 is 1.71 bits per heavy atom. The highest BCUT2D eigenvalue weighted by molar-refractivity contribution is 6.51. The van der Waals surface area contributed by atoms with E-state index in [2.05, 4.69) is 13.8 Å². The quantitative estimate of drug-likeness (QED) is 0.256. The number of hydrogen-bond acceptors (Lipinski definition) is 4. The highest BCUT2D eigenvalue weighted by atomic mass is 16.5. The van der Waals surface area contributed by atoms with E-state index in [0.29, 0.717) is 29.5 Å². The van der Waals surface area contributed by atoms with E-state index in [1.807, 2.05) is 69.3 Å². The lowest BCUT2D eigenvalue weighted by molar-refractivity contribution is -0.132. The molecule has 1 amide bonds. The summed E-state index contributed by atoms with van der Waals surface area (Å²) in [5, 5.41) is 11.4. The minimum Gasteiger partial charge on any atom is -0.507 e. The first-order valence-electron chi connectivity index (χ1n) is 11.9. The van der Waals surface area contributed by atoms with Crippen LogP contribution in [0.25, 0.3) is 5.76 Å². The van der Waals surface area contributed by atoms with Gasteiger partial charge in [0.05, 0.1) is 18.2 Å². The highest BCUT2D eigenvalue weighted by Gasteiger charge is 2.47. The van der Waals surface area contributed by atoms with Crippen LogP contribution >= 0.6 is 0 Å². The molecule has 4 rings (SSSR count). The Bertz CT molecular complexity index is 1300. The number of carbonyl (C=O) groups is 2. The lowest BCUT2D eigenvalue weighted by Crippen LogP contribution is -2.29. The van der Waals surface area contributed by atoms with E-state index >= 15 is 0 Å². The smallest absolute Gasteiger partial charge is 0.300 e. The number of rotatable bonds is 6. The number of carbonyl (C=O) groups excluding carboxylic acids is 2. The number of ether oxygens (including phenoxy) is 1. The number of anilines is 1. The number of hydrogen-bond donors (Lipinski definition) is 1. The van der Waals surface area contributed by atoms with Crippen molar-refractivity contribution in [1.82, 2.24) is 0 Å². The van der Waals surface area contributed by atoms with Crippen molar-refractivity contribution in [2.24, 2.45) is 0 Å². The van der Waals surface area contributed by atoms with E-state index in [9.17, 15) is 14.7 Å². The van der Waals surface area contributed by atoms with Crippen molar-refractivity contribution >= 4 is 23.1 Å². The summed E-state index contributed by atoms with van der Waals surface area (Å²) >= 11 is 0. The summed E-state index contributed by atoms with van der Waals surface area (Å²) in [5.74, 6) is -0.492. The molecule has 5 heteroatoms. The molecule has 0 bridgehead atoms. The third-order valence-corrected chi connectivity index (χ3v) is 6.39. The normalized spacial score (nSPS) is 17.3. The number of ketones is 1. The van der Waals surface area contributed by atoms with Crippen LogP contribution in [0.2, 0.25) is 0 Å². The number of aryl methyl sites for hydroxylation is 2. The number of benzene rings is 3. The second-order valence-electron chi connectivity index (χ2n) is 9.24. The SMILES string of the molecule is CCOc1ccc(/C(O)=C2/C(=O)C(=O)N(c3ccc(C(C)C)cc3)C2c2cccc(C)c2)cc1C. The van der Waals surface area contributed by atoms with Crippen molar-refractivity contribution in [1.29, 1.82) is 0 Å². The second kappa shape index (κ2) is 9.79. The molecule has 1 saturated heterocycles. The van der Waals surface area contributed by atoms with E-state index in [0.717, 1.165) is 22.3 Å². The first kappa shape index (κ1) is 24.3. The van der Waals surface area contributed by atoms with Crippen molar-refractivity contribution in [3.8, 4) is 5.75 Å². The first-order valence-corrected chi connectivity index (χ1v) is 11.9. The Balaban J connectivity index is 1.89. The summed E-state index contributed by atoms with van der Waals surface area (Å²) in [6.07, 6.45) is 0. The van der Waals surface area contributed by atoms with Crippen LogP contribution in [0.3, 0.4) is 0 Å². The Hall–Kier alpha value is -3.86. The van der Waals surface area contributed by atoms with Crippen molar-refractivity contribution in [3.05, 3.63) is 100 Å². The minimum atomic E-state index is -0.744. The molecule has 35 heavy (non-hydrogen) atoms. The van der Waals surface area contributed by atoms with Crippen molar-refractivity contribution in [3.63, 3.8) is 0 Å². The lowest BCUT2D eigenvalue weighted by Gasteiger charge is -2.26. The van der Waals surface area contributed by atoms with Gasteiger partial charge in [0.15, 0.2) is 0 Å². The average Bonchev–Trinajstić information content (AvgIpc) is 3.10. The second-order valence-corrected chi connectivity index (χ2v) is 9.24. The Morgan fingerprint density at radius 3 is 2.31 bits per heavy atom. The van der Waals surface area contributed by atoms with Crippen LogP contribution in [0.1, 0.15) is 60.5 Å². The van der Waals surface area contributed by atoms with Gasteiger partial charge in [0, 0.05) is 11.3 Å². The van der Waals surface area contributed by atoms with E-state index in [1.165, 1.54) is 4.90 Å². The zero-order chi connectivity index (χ0) is 25.3. The van der Waals surface area contributed by atoms with E-state index < -0.39 is 17.7 Å². The Morgan fingerprint density at radius 1 is 1.00 bits per heavy atom. The van der Waals surface area contributed by atoms with Gasteiger partial charge in [-0.25, -0.2) is 0 Å². The number of nitrogens with zero attached hydrogens (tertiary/aromatic N) is 1. The molecule has 1 aliphatic rings. The topological polar surface area (TPSA) is 66.8 Å². The van der Waals surface area contributed by atoms with Crippen LogP contribution in [-0.2, 0) is 9.59 Å². The molecular formula is C30H31NO4. The molecule has 0 aliphatic carbocycles. The van der Waals surface area contributed by atoms with Gasteiger partial charge >= 0.3 is 0 Å². The van der Waals surface area contributed by atoms with Crippen LogP contribution < -0.4 is 9.64 Å². The van der Waals surface area contributed by atoms with Gasteiger partial charge in [0.2, 0.25) is 0 Å². The van der Waals surface area contributed by atoms with Gasteiger partial charge in [-0.1, -0.05) is 55.8 Å². The van der Waals surface area contributed by atoms with Gasteiger partial charge in [0.1, 0.15) is 11.5 Å². The van der Waals surface area contributed by atoms with Gasteiger partial charge in [-0.3, -0.25) is 14.5 Å². The number of aliphatic hydroxyl groups is 1.